The first-order chi connectivity index (χ1) is 8.40. The van der Waals surface area contributed by atoms with E-state index >= 15 is 0 Å². The second-order valence-corrected chi connectivity index (χ2v) is 3.36. The van der Waals surface area contributed by atoms with Gasteiger partial charge in [-0.2, -0.15) is 0 Å². The van der Waals surface area contributed by atoms with Crippen LogP contribution in [0.1, 0.15) is 0 Å². The van der Waals surface area contributed by atoms with E-state index in [-0.39, 0.29) is 5.69 Å². The van der Waals surface area contributed by atoms with Crippen molar-refractivity contribution in [2.75, 3.05) is 11.9 Å². The van der Waals surface area contributed by atoms with Gasteiger partial charge in [0.25, 0.3) is 6.43 Å². The first kappa shape index (κ1) is 14.2. The van der Waals surface area contributed by atoms with Gasteiger partial charge in [-0.1, -0.05) is 0 Å². The summed E-state index contributed by atoms with van der Waals surface area (Å²) in [6.45, 7) is -0.688. The number of aliphatic hydroxyl groups excluding tert-OH is 1. The van der Waals surface area contributed by atoms with Crippen molar-refractivity contribution < 1.29 is 27.5 Å². The molecule has 0 aliphatic heterocycles. The van der Waals surface area contributed by atoms with E-state index in [9.17, 15) is 22.4 Å². The molecule has 100 valence electrons. The molecule has 0 aromatic heterocycles. The van der Waals surface area contributed by atoms with Crippen LogP contribution in [0.15, 0.2) is 18.2 Å². The van der Waals surface area contributed by atoms with Crippen molar-refractivity contribution in [2.45, 2.75) is 12.5 Å². The van der Waals surface area contributed by atoms with Crippen LogP contribution >= 0.6 is 0 Å². The van der Waals surface area contributed by atoms with Gasteiger partial charge in [0.2, 0.25) is 0 Å². The van der Waals surface area contributed by atoms with Gasteiger partial charge in [0.05, 0.1) is 12.2 Å². The number of nitrogens with one attached hydrogen (secondary N) is 2. The highest BCUT2D eigenvalue weighted by Gasteiger charge is 2.17. The van der Waals surface area contributed by atoms with Crippen LogP contribution in [0.2, 0.25) is 0 Å². The quantitative estimate of drug-likeness (QED) is 0.726. The third kappa shape index (κ3) is 4.21. The van der Waals surface area contributed by atoms with Crippen molar-refractivity contribution in [2.24, 2.45) is 0 Å². The molecule has 0 aliphatic rings. The van der Waals surface area contributed by atoms with Crippen molar-refractivity contribution in [3.8, 4) is 0 Å². The van der Waals surface area contributed by atoms with Crippen LogP contribution in [-0.4, -0.2) is 30.2 Å². The molecular formula is C10H10F4N2O2. The molecule has 2 amide bonds. The number of aliphatic hydroxyl groups is 1. The Morgan fingerprint density at radius 2 is 2.00 bits per heavy atom. The third-order valence-corrected chi connectivity index (χ3v) is 1.94. The molecule has 1 aromatic rings. The Hall–Kier alpha value is -1.83. The lowest BCUT2D eigenvalue weighted by molar-refractivity contribution is -0.00155. The van der Waals surface area contributed by atoms with Crippen molar-refractivity contribution >= 4 is 11.7 Å². The number of carbonyl (C=O) groups is 1. The Morgan fingerprint density at radius 3 is 2.56 bits per heavy atom. The highest BCUT2D eigenvalue weighted by molar-refractivity contribution is 5.89. The van der Waals surface area contributed by atoms with Crippen LogP contribution in [0.3, 0.4) is 0 Å². The topological polar surface area (TPSA) is 61.4 Å². The standard InChI is InChI=1S/C10H10F4N2O2/c11-5-1-2-7(6(12)3-5)16-10(18)15-4-8(17)9(13)14/h1-3,8-9,17H,4H2,(H2,15,16,18). The SMILES string of the molecule is O=C(NCC(O)C(F)F)Nc1ccc(F)cc1F. The van der Waals surface area contributed by atoms with Gasteiger partial charge < -0.3 is 15.7 Å². The molecule has 0 saturated carbocycles. The lowest BCUT2D eigenvalue weighted by Crippen LogP contribution is -2.38. The Kier molecular flexibility index (Phi) is 4.90. The summed E-state index contributed by atoms with van der Waals surface area (Å²) in [6.07, 6.45) is -5.00. The minimum absolute atomic E-state index is 0.305. The number of anilines is 1. The van der Waals surface area contributed by atoms with Crippen LogP contribution in [0.5, 0.6) is 0 Å². The molecule has 0 fully saturated rings. The van der Waals surface area contributed by atoms with Crippen LogP contribution in [0.25, 0.3) is 0 Å². The van der Waals surface area contributed by atoms with Gasteiger partial charge in [-0.05, 0) is 12.1 Å². The summed E-state index contributed by atoms with van der Waals surface area (Å²) in [5, 5.41) is 12.6. The number of urea groups is 1. The lowest BCUT2D eigenvalue weighted by Gasteiger charge is -2.11. The first-order valence-corrected chi connectivity index (χ1v) is 4.86. The molecular weight excluding hydrogens is 256 g/mol. The van der Waals surface area contributed by atoms with Gasteiger partial charge in [0, 0.05) is 6.07 Å². The van der Waals surface area contributed by atoms with Crippen LogP contribution in [0.4, 0.5) is 28.0 Å². The number of halogens is 4. The van der Waals surface area contributed by atoms with E-state index in [1.165, 1.54) is 0 Å². The molecule has 1 rings (SSSR count). The fourth-order valence-corrected chi connectivity index (χ4v) is 1.04. The maximum atomic E-state index is 13.1. The molecule has 0 heterocycles. The minimum Gasteiger partial charge on any atom is -0.385 e. The van der Waals surface area contributed by atoms with Gasteiger partial charge in [-0.25, -0.2) is 22.4 Å². The zero-order valence-electron chi connectivity index (χ0n) is 8.96. The summed E-state index contributed by atoms with van der Waals surface area (Å²) in [6, 6.07) is 1.48. The fraction of sp³-hybridized carbons (Fsp3) is 0.300. The summed E-state index contributed by atoms with van der Waals surface area (Å²) in [4.78, 5) is 11.1. The molecule has 1 atom stereocenters. The second kappa shape index (κ2) is 6.20. The van der Waals surface area contributed by atoms with Crippen LogP contribution < -0.4 is 10.6 Å². The fourth-order valence-electron chi connectivity index (χ4n) is 1.04. The van der Waals surface area contributed by atoms with E-state index in [0.29, 0.717) is 6.07 Å². The molecule has 3 N–H and O–H groups in total. The molecule has 18 heavy (non-hydrogen) atoms. The Balaban J connectivity index is 2.50. The van der Waals surface area contributed by atoms with Crippen LogP contribution in [0, 0.1) is 11.6 Å². The van der Waals surface area contributed by atoms with Crippen molar-refractivity contribution in [1.82, 2.24) is 5.32 Å². The molecule has 0 radical (unpaired) electrons. The van der Waals surface area contributed by atoms with E-state index in [0.717, 1.165) is 12.1 Å². The predicted octanol–water partition coefficient (Wildman–Crippen LogP) is 1.71. The lowest BCUT2D eigenvalue weighted by atomic mass is 10.3. The Labute approximate surface area is 99.6 Å². The van der Waals surface area contributed by atoms with Crippen molar-refractivity contribution in [1.29, 1.82) is 0 Å². The molecule has 8 heteroatoms. The van der Waals surface area contributed by atoms with Crippen LogP contribution in [-0.2, 0) is 0 Å². The van der Waals surface area contributed by atoms with E-state index in [1.807, 2.05) is 10.6 Å². The number of benzene rings is 1. The average molecular weight is 266 g/mol. The molecule has 1 aromatic carbocycles. The molecule has 1 unspecified atom stereocenters. The van der Waals surface area contributed by atoms with E-state index < -0.39 is 36.7 Å². The maximum absolute atomic E-state index is 13.1. The third-order valence-electron chi connectivity index (χ3n) is 1.94. The van der Waals surface area contributed by atoms with Gasteiger partial charge in [-0.15, -0.1) is 0 Å². The average Bonchev–Trinajstić information content (AvgIpc) is 2.29. The molecule has 4 nitrogen and oxygen atoms in total. The zero-order chi connectivity index (χ0) is 13.7. The maximum Gasteiger partial charge on any atom is 0.319 e. The molecule has 0 aliphatic carbocycles. The smallest absolute Gasteiger partial charge is 0.319 e. The molecule has 0 bridgehead atoms. The van der Waals surface area contributed by atoms with Crippen molar-refractivity contribution in [3.63, 3.8) is 0 Å². The summed E-state index contributed by atoms with van der Waals surface area (Å²) >= 11 is 0. The Bertz CT molecular complexity index is 428. The molecule has 0 saturated heterocycles. The number of alkyl halides is 2. The summed E-state index contributed by atoms with van der Waals surface area (Å²) in [7, 11) is 0. The number of amides is 2. The largest absolute Gasteiger partial charge is 0.385 e. The van der Waals surface area contributed by atoms with Crippen molar-refractivity contribution in [3.05, 3.63) is 29.8 Å². The number of carbonyl (C=O) groups excluding carboxylic acids is 1. The normalized spacial score (nSPS) is 12.3. The number of rotatable bonds is 4. The summed E-state index contributed by atoms with van der Waals surface area (Å²) in [5.41, 5.74) is -0.305. The van der Waals surface area contributed by atoms with E-state index in [4.69, 9.17) is 5.11 Å². The van der Waals surface area contributed by atoms with Gasteiger partial charge in [0.1, 0.15) is 17.7 Å². The monoisotopic (exact) mass is 266 g/mol. The van der Waals surface area contributed by atoms with Gasteiger partial charge in [0.15, 0.2) is 0 Å². The van der Waals surface area contributed by atoms with Gasteiger partial charge in [-0.3, -0.25) is 0 Å². The van der Waals surface area contributed by atoms with E-state index in [2.05, 4.69) is 0 Å². The number of hydrogen-bond donors (Lipinski definition) is 3. The summed E-state index contributed by atoms with van der Waals surface area (Å²) < 4.78 is 49.4. The molecule has 0 spiro atoms. The minimum atomic E-state index is -2.99. The Morgan fingerprint density at radius 1 is 1.33 bits per heavy atom. The number of hydrogen-bond acceptors (Lipinski definition) is 2. The highest BCUT2D eigenvalue weighted by Crippen LogP contribution is 2.14. The predicted molar refractivity (Wildman–Crippen MR) is 55.4 cm³/mol. The first-order valence-electron chi connectivity index (χ1n) is 4.86. The highest BCUT2D eigenvalue weighted by atomic mass is 19.3. The second-order valence-electron chi connectivity index (χ2n) is 3.36. The zero-order valence-corrected chi connectivity index (χ0v) is 8.96. The van der Waals surface area contributed by atoms with Gasteiger partial charge >= 0.3 is 6.03 Å². The van der Waals surface area contributed by atoms with E-state index in [1.54, 1.807) is 0 Å². The summed E-state index contributed by atoms with van der Waals surface area (Å²) in [5.74, 6) is -1.81.